The summed E-state index contributed by atoms with van der Waals surface area (Å²) in [4.78, 5) is 37.4. The molecule has 4 aliphatic rings. The molecule has 8 atom stereocenters. The molecule has 3 unspecified atom stereocenters. The van der Waals surface area contributed by atoms with E-state index in [0.717, 1.165) is 108 Å². The van der Waals surface area contributed by atoms with Gasteiger partial charge in [0.05, 0.1) is 32.2 Å². The van der Waals surface area contributed by atoms with E-state index in [1.807, 2.05) is 6.07 Å². The normalized spacial score (nSPS) is 30.9. The molecule has 0 spiro atoms. The predicted octanol–water partition coefficient (Wildman–Crippen LogP) is 8.36. The van der Waals surface area contributed by atoms with Crippen molar-refractivity contribution in [2.24, 2.45) is 40.4 Å². The second-order valence-electron chi connectivity index (χ2n) is 17.4. The summed E-state index contributed by atoms with van der Waals surface area (Å²) in [7, 11) is 0. The van der Waals surface area contributed by atoms with Crippen LogP contribution in [0.25, 0.3) is 0 Å². The van der Waals surface area contributed by atoms with Gasteiger partial charge in [-0.1, -0.05) is 53.4 Å². The number of aliphatic hydroxyl groups excluding tert-OH is 1. The Morgan fingerprint density at radius 2 is 1.46 bits per heavy atom. The second-order valence-corrected chi connectivity index (χ2v) is 17.4. The summed E-state index contributed by atoms with van der Waals surface area (Å²) in [6.07, 6.45) is 17.8. The van der Waals surface area contributed by atoms with E-state index in [1.165, 1.54) is 6.42 Å². The van der Waals surface area contributed by atoms with Gasteiger partial charge in [-0.2, -0.15) is 0 Å². The fraction of sp³-hybridized carbons (Fsp3) is 0.795. The van der Waals surface area contributed by atoms with Gasteiger partial charge in [-0.25, -0.2) is 0 Å². The first-order valence-electron chi connectivity index (χ1n) is 21.2. The van der Waals surface area contributed by atoms with Crippen molar-refractivity contribution in [3.05, 3.63) is 23.8 Å². The largest absolute Gasteiger partial charge is 0.493 e. The number of Topliss-reactive ketones (excluding diaryl/α,β-unsaturated/α-hetero) is 1. The third kappa shape index (κ3) is 10.1. The number of fused-ring (bicyclic) bond motifs is 5. The van der Waals surface area contributed by atoms with Gasteiger partial charge in [0.25, 0.3) is 0 Å². The van der Waals surface area contributed by atoms with Crippen LogP contribution in [-0.2, 0) is 20.8 Å². The first-order chi connectivity index (χ1) is 25.1. The molecule has 8 heteroatoms. The average molecular weight is 723 g/mol. The number of rotatable bonds is 20. The van der Waals surface area contributed by atoms with Gasteiger partial charge in [0, 0.05) is 32.0 Å². The maximum absolute atomic E-state index is 12.6. The van der Waals surface area contributed by atoms with Crippen molar-refractivity contribution in [3.63, 3.8) is 0 Å². The Kier molecular flexibility index (Phi) is 14.9. The number of aliphatic hydroxyl groups is 1. The highest BCUT2D eigenvalue weighted by Crippen LogP contribution is 2.68. The molecule has 1 aromatic rings. The molecule has 0 saturated heterocycles. The Balaban J connectivity index is 1.24. The van der Waals surface area contributed by atoms with Gasteiger partial charge >= 0.3 is 0 Å². The quantitative estimate of drug-likeness (QED) is 0.117. The number of carbonyl (C=O) groups is 3. The summed E-state index contributed by atoms with van der Waals surface area (Å²) in [5, 5.41) is 17.3. The minimum absolute atomic E-state index is 0.00348. The van der Waals surface area contributed by atoms with E-state index in [2.05, 4.69) is 50.5 Å². The summed E-state index contributed by atoms with van der Waals surface area (Å²) in [6, 6.07) is 6.04. The molecule has 0 radical (unpaired) electrons. The summed E-state index contributed by atoms with van der Waals surface area (Å²) in [6.45, 7) is 11.2. The van der Waals surface area contributed by atoms with Crippen LogP contribution in [0.5, 0.6) is 11.5 Å². The Hall–Kier alpha value is -2.61. The van der Waals surface area contributed by atoms with E-state index < -0.39 is 0 Å². The van der Waals surface area contributed by atoms with Crippen LogP contribution < -0.4 is 20.1 Å². The van der Waals surface area contributed by atoms with E-state index in [1.54, 1.807) is 0 Å². The van der Waals surface area contributed by atoms with Crippen molar-refractivity contribution in [2.45, 2.75) is 156 Å². The Morgan fingerprint density at radius 1 is 0.827 bits per heavy atom. The monoisotopic (exact) mass is 723 g/mol. The number of nitrogens with one attached hydrogen (secondary N) is 2. The van der Waals surface area contributed by atoms with Crippen LogP contribution in [-0.4, -0.2) is 55.1 Å². The fourth-order valence-corrected chi connectivity index (χ4v) is 11.1. The number of amides is 2. The molecule has 4 fully saturated rings. The lowest BCUT2D eigenvalue weighted by atomic mass is 9.42. The van der Waals surface area contributed by atoms with E-state index in [-0.39, 0.29) is 42.0 Å². The number of hydrogen-bond donors (Lipinski definition) is 3. The average Bonchev–Trinajstić information content (AvgIpc) is 3.42. The molecule has 292 valence electrons. The van der Waals surface area contributed by atoms with E-state index in [0.29, 0.717) is 72.8 Å². The zero-order valence-electron chi connectivity index (χ0n) is 32.9. The van der Waals surface area contributed by atoms with Crippen LogP contribution in [0.3, 0.4) is 0 Å². The fourth-order valence-electron chi connectivity index (χ4n) is 11.1. The lowest BCUT2D eigenvalue weighted by Gasteiger charge is -2.62. The highest BCUT2D eigenvalue weighted by molar-refractivity contribution is 5.79. The predicted molar refractivity (Wildman–Crippen MR) is 206 cm³/mol. The standard InChI is InChI=1S/C44H70N2O6/c1-5-7-9-22-45-40(49)19-24-51-35-26-31(27-36(29-35)52-25-20-41(50)46-23-10-8-6-2)12-11-13-32-30-44(4)38(16-17-39(44)48)37-15-14-33-28-34(47)18-21-43(33,3)42(32)37/h26-27,29,32-33,37-39,42,48H,5-25,28,30H2,1-4H3,(H,45,49)(H,46,50)/t32?,33?,37-,38-,39?,42+,43-,44-/m0/s1. The Morgan fingerprint density at radius 3 is 2.08 bits per heavy atom. The van der Waals surface area contributed by atoms with Gasteiger partial charge in [-0.15, -0.1) is 0 Å². The van der Waals surface area contributed by atoms with Gasteiger partial charge in [-0.05, 0) is 129 Å². The molecule has 0 aromatic heterocycles. The van der Waals surface area contributed by atoms with E-state index in [4.69, 9.17) is 9.47 Å². The van der Waals surface area contributed by atoms with E-state index in [9.17, 15) is 19.5 Å². The second kappa shape index (κ2) is 19.1. The van der Waals surface area contributed by atoms with E-state index >= 15 is 0 Å². The lowest BCUT2D eigenvalue weighted by Crippen LogP contribution is -2.57. The number of aryl methyl sites for hydroxylation is 1. The number of ether oxygens (including phenoxy) is 2. The van der Waals surface area contributed by atoms with Crippen molar-refractivity contribution in [2.75, 3.05) is 26.3 Å². The van der Waals surface area contributed by atoms with Crippen LogP contribution in [0.15, 0.2) is 18.2 Å². The van der Waals surface area contributed by atoms with Gasteiger partial charge in [0.2, 0.25) is 11.8 Å². The molecule has 0 aliphatic heterocycles. The first-order valence-corrected chi connectivity index (χ1v) is 21.2. The van der Waals surface area contributed by atoms with Crippen molar-refractivity contribution in [1.29, 1.82) is 0 Å². The molecule has 4 saturated carbocycles. The number of benzene rings is 1. The highest BCUT2D eigenvalue weighted by atomic mass is 16.5. The van der Waals surface area contributed by atoms with Crippen LogP contribution in [0.1, 0.15) is 149 Å². The third-order valence-corrected chi connectivity index (χ3v) is 13.9. The summed E-state index contributed by atoms with van der Waals surface area (Å²) in [5.41, 5.74) is 1.32. The molecule has 0 bridgehead atoms. The summed E-state index contributed by atoms with van der Waals surface area (Å²) in [5.74, 6) is 4.70. The molecule has 0 heterocycles. The molecule has 2 amide bonds. The minimum atomic E-state index is -0.218. The van der Waals surface area contributed by atoms with Crippen LogP contribution in [0.2, 0.25) is 0 Å². The van der Waals surface area contributed by atoms with Crippen LogP contribution >= 0.6 is 0 Å². The number of carbonyl (C=O) groups excluding carboxylic acids is 3. The van der Waals surface area contributed by atoms with Gasteiger partial charge in [0.1, 0.15) is 17.3 Å². The molecule has 52 heavy (non-hydrogen) atoms. The van der Waals surface area contributed by atoms with Gasteiger partial charge < -0.3 is 25.2 Å². The molecule has 5 rings (SSSR count). The SMILES string of the molecule is CCCCCNC(=O)CCOc1cc(CCCC2C[C@]3(C)C(O)CC[C@H]3[C@@H]3CCC4CC(=O)CC[C@]4(C)[C@H]23)cc(OCCC(=O)NCCCCC)c1. The smallest absolute Gasteiger partial charge is 0.223 e. The molecule has 8 nitrogen and oxygen atoms in total. The lowest BCUT2D eigenvalue weighted by molar-refractivity contribution is -0.159. The summed E-state index contributed by atoms with van der Waals surface area (Å²) >= 11 is 0. The maximum Gasteiger partial charge on any atom is 0.223 e. The zero-order chi connectivity index (χ0) is 37.1. The van der Waals surface area contributed by atoms with Crippen LogP contribution in [0.4, 0.5) is 0 Å². The molecular formula is C44H70N2O6. The molecule has 4 aliphatic carbocycles. The first kappa shape index (κ1) is 40.6. The van der Waals surface area contributed by atoms with Crippen LogP contribution in [0, 0.1) is 40.4 Å². The number of hydrogen-bond acceptors (Lipinski definition) is 6. The van der Waals surface area contributed by atoms with Crippen molar-refractivity contribution >= 4 is 17.6 Å². The molecule has 3 N–H and O–H groups in total. The van der Waals surface area contributed by atoms with Gasteiger partial charge in [0.15, 0.2) is 0 Å². The van der Waals surface area contributed by atoms with Crippen molar-refractivity contribution in [3.8, 4) is 11.5 Å². The molecule has 1 aromatic carbocycles. The Bertz CT molecular complexity index is 1290. The summed E-state index contributed by atoms with van der Waals surface area (Å²) < 4.78 is 12.3. The zero-order valence-corrected chi connectivity index (χ0v) is 32.9. The maximum atomic E-state index is 12.6. The number of unbranched alkanes of at least 4 members (excludes halogenated alkanes) is 4. The topological polar surface area (TPSA) is 114 Å². The Labute approximate surface area is 314 Å². The third-order valence-electron chi connectivity index (χ3n) is 13.9. The van der Waals surface area contributed by atoms with Gasteiger partial charge in [-0.3, -0.25) is 14.4 Å². The number of ketones is 1. The minimum Gasteiger partial charge on any atom is -0.493 e. The molecular weight excluding hydrogens is 652 g/mol. The van der Waals surface area contributed by atoms with Crippen molar-refractivity contribution < 1.29 is 29.0 Å². The highest BCUT2D eigenvalue weighted by Gasteiger charge is 2.62. The van der Waals surface area contributed by atoms with Crippen molar-refractivity contribution in [1.82, 2.24) is 10.6 Å².